The Kier molecular flexibility index (Phi) is 7.24. The second kappa shape index (κ2) is 9.42. The third-order valence-electron chi connectivity index (χ3n) is 3.60. The Labute approximate surface area is 147 Å². The van der Waals surface area contributed by atoms with E-state index in [-0.39, 0.29) is 0 Å². The molecule has 2 aromatic rings. The maximum Gasteiger partial charge on any atom is 0.191 e. The van der Waals surface area contributed by atoms with Crippen molar-refractivity contribution in [2.45, 2.75) is 52.5 Å². The van der Waals surface area contributed by atoms with E-state index in [0.29, 0.717) is 12.5 Å². The fourth-order valence-electron chi connectivity index (χ4n) is 2.20. The summed E-state index contributed by atoms with van der Waals surface area (Å²) in [4.78, 5) is 8.71. The second-order valence-electron chi connectivity index (χ2n) is 6.07. The summed E-state index contributed by atoms with van der Waals surface area (Å²) in [6.07, 6.45) is 3.25. The van der Waals surface area contributed by atoms with Crippen molar-refractivity contribution in [3.63, 3.8) is 0 Å². The van der Waals surface area contributed by atoms with Crippen LogP contribution in [0.2, 0.25) is 0 Å². The molecule has 7 heteroatoms. The van der Waals surface area contributed by atoms with Crippen LogP contribution in [0.15, 0.2) is 21.0 Å². The summed E-state index contributed by atoms with van der Waals surface area (Å²) in [5, 5.41) is 13.9. The average Bonchev–Trinajstić information content (AvgIpc) is 3.19. The van der Waals surface area contributed by atoms with Crippen LogP contribution in [0.4, 0.5) is 0 Å². The first-order chi connectivity index (χ1) is 11.6. The van der Waals surface area contributed by atoms with Crippen LogP contribution in [-0.4, -0.2) is 29.7 Å². The highest BCUT2D eigenvalue weighted by atomic mass is 32.1. The molecule has 0 saturated heterocycles. The maximum absolute atomic E-state index is 5.31. The molecule has 24 heavy (non-hydrogen) atoms. The Morgan fingerprint density at radius 2 is 2.17 bits per heavy atom. The van der Waals surface area contributed by atoms with Crippen LogP contribution in [0.1, 0.15) is 54.8 Å². The van der Waals surface area contributed by atoms with E-state index in [9.17, 15) is 0 Å². The summed E-state index contributed by atoms with van der Waals surface area (Å²) < 4.78 is 5.31. The van der Waals surface area contributed by atoms with Gasteiger partial charge in [-0.1, -0.05) is 19.0 Å². The number of aryl methyl sites for hydroxylation is 2. The molecule has 0 radical (unpaired) electrons. The summed E-state index contributed by atoms with van der Waals surface area (Å²) in [7, 11) is 1.77. The second-order valence-corrected chi connectivity index (χ2v) is 7.01. The molecule has 2 N–H and O–H groups in total. The normalized spacial score (nSPS) is 12.0. The number of hydrogen-bond donors (Lipinski definition) is 2. The lowest BCUT2D eigenvalue weighted by Gasteiger charge is -2.10. The molecular formula is C17H27N5OS. The van der Waals surface area contributed by atoms with Crippen molar-refractivity contribution in [3.05, 3.63) is 33.6 Å². The quantitative estimate of drug-likeness (QED) is 0.435. The smallest absolute Gasteiger partial charge is 0.191 e. The van der Waals surface area contributed by atoms with Crippen LogP contribution in [0.25, 0.3) is 0 Å². The highest BCUT2D eigenvalue weighted by Crippen LogP contribution is 2.13. The molecule has 0 unspecified atom stereocenters. The number of nitrogens with zero attached hydrogens (tertiary/aromatic N) is 3. The van der Waals surface area contributed by atoms with E-state index in [1.165, 1.54) is 5.01 Å². The largest absolute Gasteiger partial charge is 0.359 e. The number of rotatable bonds is 8. The lowest BCUT2D eigenvalue weighted by atomic mass is 10.1. The lowest BCUT2D eigenvalue weighted by molar-refractivity contribution is 0.372. The number of thiazole rings is 1. The molecule has 0 aliphatic heterocycles. The van der Waals surface area contributed by atoms with Crippen molar-refractivity contribution >= 4 is 17.3 Å². The van der Waals surface area contributed by atoms with Crippen LogP contribution < -0.4 is 10.6 Å². The number of hydrogen-bond acceptors (Lipinski definition) is 5. The van der Waals surface area contributed by atoms with Crippen molar-refractivity contribution < 1.29 is 4.52 Å². The van der Waals surface area contributed by atoms with Crippen LogP contribution in [0.3, 0.4) is 0 Å². The van der Waals surface area contributed by atoms with Gasteiger partial charge in [0.05, 0.1) is 17.2 Å². The van der Waals surface area contributed by atoms with E-state index >= 15 is 0 Å². The Morgan fingerprint density at radius 3 is 2.79 bits per heavy atom. The van der Waals surface area contributed by atoms with Gasteiger partial charge in [-0.25, -0.2) is 4.98 Å². The first-order valence-corrected chi connectivity index (χ1v) is 9.27. The van der Waals surface area contributed by atoms with E-state index in [1.807, 2.05) is 13.0 Å². The molecule has 0 amide bonds. The third kappa shape index (κ3) is 5.96. The molecule has 0 saturated carbocycles. The van der Waals surface area contributed by atoms with Gasteiger partial charge in [0, 0.05) is 30.7 Å². The van der Waals surface area contributed by atoms with Crippen LogP contribution in [0, 0.1) is 6.92 Å². The standard InChI is InChI=1S/C17H27N5OS/c1-12(2)15-9-14(23-22-15)10-20-17(18-4)19-8-6-5-7-16-21-13(3)11-24-16/h9,11-12H,5-8,10H2,1-4H3,(H2,18,19,20). The monoisotopic (exact) mass is 349 g/mol. The molecule has 0 aliphatic carbocycles. The number of nitrogens with one attached hydrogen (secondary N) is 2. The fraction of sp³-hybridized carbons (Fsp3) is 0.588. The van der Waals surface area contributed by atoms with Crippen molar-refractivity contribution in [1.29, 1.82) is 0 Å². The van der Waals surface area contributed by atoms with Gasteiger partial charge in [0.2, 0.25) is 0 Å². The van der Waals surface area contributed by atoms with E-state index in [2.05, 4.69) is 45.0 Å². The van der Waals surface area contributed by atoms with Gasteiger partial charge in [-0.15, -0.1) is 11.3 Å². The first kappa shape index (κ1) is 18.4. The summed E-state index contributed by atoms with van der Waals surface area (Å²) in [5.41, 5.74) is 2.10. The predicted octanol–water partition coefficient (Wildman–Crippen LogP) is 3.25. The molecule has 0 atom stereocenters. The number of guanidine groups is 1. The molecule has 132 valence electrons. The van der Waals surface area contributed by atoms with E-state index in [4.69, 9.17) is 4.52 Å². The van der Waals surface area contributed by atoms with Gasteiger partial charge in [-0.2, -0.15) is 0 Å². The van der Waals surface area contributed by atoms with Crippen LogP contribution in [-0.2, 0) is 13.0 Å². The van der Waals surface area contributed by atoms with Gasteiger partial charge in [-0.05, 0) is 32.1 Å². The zero-order chi connectivity index (χ0) is 17.4. The molecule has 2 heterocycles. The van der Waals surface area contributed by atoms with Gasteiger partial charge in [0.25, 0.3) is 0 Å². The number of aliphatic imine (C=N–C) groups is 1. The van der Waals surface area contributed by atoms with Gasteiger partial charge < -0.3 is 15.2 Å². The maximum atomic E-state index is 5.31. The molecule has 2 rings (SSSR count). The lowest BCUT2D eigenvalue weighted by Crippen LogP contribution is -2.37. The van der Waals surface area contributed by atoms with Gasteiger partial charge in [0.1, 0.15) is 0 Å². The average molecular weight is 350 g/mol. The van der Waals surface area contributed by atoms with E-state index in [0.717, 1.165) is 48.9 Å². The van der Waals surface area contributed by atoms with Gasteiger partial charge >= 0.3 is 0 Å². The fourth-order valence-corrected chi connectivity index (χ4v) is 3.02. The zero-order valence-corrected chi connectivity index (χ0v) is 15.7. The molecule has 0 fully saturated rings. The SMILES string of the molecule is CN=C(NCCCCc1nc(C)cs1)NCc1cc(C(C)C)no1. The summed E-state index contributed by atoms with van der Waals surface area (Å²) in [6.45, 7) is 7.70. The van der Waals surface area contributed by atoms with Crippen molar-refractivity contribution in [1.82, 2.24) is 20.8 Å². The third-order valence-corrected chi connectivity index (χ3v) is 4.63. The molecule has 6 nitrogen and oxygen atoms in total. The highest BCUT2D eigenvalue weighted by molar-refractivity contribution is 7.09. The Hall–Kier alpha value is -1.89. The summed E-state index contributed by atoms with van der Waals surface area (Å²) in [6, 6.07) is 1.99. The van der Waals surface area contributed by atoms with Gasteiger partial charge in [-0.3, -0.25) is 4.99 Å². The van der Waals surface area contributed by atoms with Crippen molar-refractivity contribution in [2.24, 2.45) is 4.99 Å². The molecule has 2 aromatic heterocycles. The highest BCUT2D eigenvalue weighted by Gasteiger charge is 2.08. The summed E-state index contributed by atoms with van der Waals surface area (Å²) >= 11 is 1.74. The Balaban J connectivity index is 1.63. The molecule has 0 aromatic carbocycles. The molecule has 0 spiro atoms. The van der Waals surface area contributed by atoms with Crippen molar-refractivity contribution in [3.8, 4) is 0 Å². The van der Waals surface area contributed by atoms with Crippen molar-refractivity contribution in [2.75, 3.05) is 13.6 Å². The van der Waals surface area contributed by atoms with E-state index < -0.39 is 0 Å². The molecular weight excluding hydrogens is 322 g/mol. The first-order valence-electron chi connectivity index (χ1n) is 8.39. The zero-order valence-electron chi connectivity index (χ0n) is 14.9. The van der Waals surface area contributed by atoms with Crippen LogP contribution >= 0.6 is 11.3 Å². The number of aromatic nitrogens is 2. The predicted molar refractivity (Wildman–Crippen MR) is 98.6 cm³/mol. The van der Waals surface area contributed by atoms with Crippen LogP contribution in [0.5, 0.6) is 0 Å². The molecule has 0 aliphatic rings. The minimum atomic E-state index is 0.376. The molecule has 0 bridgehead atoms. The number of unbranched alkanes of at least 4 members (excludes halogenated alkanes) is 1. The minimum Gasteiger partial charge on any atom is -0.359 e. The minimum absolute atomic E-state index is 0.376. The Morgan fingerprint density at radius 1 is 1.33 bits per heavy atom. The Bertz CT molecular complexity index is 647. The topological polar surface area (TPSA) is 75.3 Å². The van der Waals surface area contributed by atoms with Gasteiger partial charge in [0.15, 0.2) is 11.7 Å². The summed E-state index contributed by atoms with van der Waals surface area (Å²) in [5.74, 6) is 1.98. The van der Waals surface area contributed by atoms with E-state index in [1.54, 1.807) is 18.4 Å².